The first-order chi connectivity index (χ1) is 16.1. The quantitative estimate of drug-likeness (QED) is 0.414. The molecule has 1 spiro atoms. The second-order valence-corrected chi connectivity index (χ2v) is 11.4. The van der Waals surface area contributed by atoms with Crippen molar-refractivity contribution in [1.29, 1.82) is 0 Å². The minimum absolute atomic E-state index is 0.124. The van der Waals surface area contributed by atoms with Crippen LogP contribution in [0.25, 0.3) is 0 Å². The van der Waals surface area contributed by atoms with E-state index >= 15 is 0 Å². The van der Waals surface area contributed by atoms with Crippen molar-refractivity contribution in [3.63, 3.8) is 0 Å². The molecule has 8 heteroatoms. The SMILES string of the molecule is CCOCCCN1C(=O)[C@H]2[C@@H](C(=O)N[C@@H]3CCCC[C@@H]3C)[C@H]3C=C[C@]2(O3)[C@H]1C(=O)NC(C)(C)C. The number of carbonyl (C=O) groups is 3. The van der Waals surface area contributed by atoms with Gasteiger partial charge in [-0.1, -0.05) is 31.9 Å². The average Bonchev–Trinajstić information content (AvgIpc) is 3.39. The minimum atomic E-state index is -1.11. The minimum Gasteiger partial charge on any atom is -0.382 e. The van der Waals surface area contributed by atoms with Crippen LogP contribution in [-0.2, 0) is 23.9 Å². The summed E-state index contributed by atoms with van der Waals surface area (Å²) >= 11 is 0. The molecule has 1 aliphatic carbocycles. The van der Waals surface area contributed by atoms with Gasteiger partial charge in [0.05, 0.1) is 17.9 Å². The molecule has 2 bridgehead atoms. The Kier molecular flexibility index (Phi) is 7.11. The first-order valence-corrected chi connectivity index (χ1v) is 13.0. The highest BCUT2D eigenvalue weighted by Gasteiger charge is 2.72. The molecule has 4 aliphatic rings. The van der Waals surface area contributed by atoms with Gasteiger partial charge in [-0.3, -0.25) is 14.4 Å². The third-order valence-corrected chi connectivity index (χ3v) is 7.75. The summed E-state index contributed by atoms with van der Waals surface area (Å²) in [7, 11) is 0. The van der Waals surface area contributed by atoms with Crippen LogP contribution in [0.4, 0.5) is 0 Å². The molecule has 2 saturated heterocycles. The summed E-state index contributed by atoms with van der Waals surface area (Å²) in [6.07, 6.45) is 8.23. The van der Waals surface area contributed by atoms with Crippen LogP contribution in [0, 0.1) is 17.8 Å². The predicted molar refractivity (Wildman–Crippen MR) is 128 cm³/mol. The predicted octanol–water partition coefficient (Wildman–Crippen LogP) is 2.17. The van der Waals surface area contributed by atoms with Gasteiger partial charge >= 0.3 is 0 Å². The molecule has 3 aliphatic heterocycles. The molecule has 3 amide bonds. The molecule has 0 radical (unpaired) electrons. The van der Waals surface area contributed by atoms with E-state index in [1.165, 1.54) is 6.42 Å². The van der Waals surface area contributed by atoms with Crippen molar-refractivity contribution in [1.82, 2.24) is 15.5 Å². The molecule has 3 fully saturated rings. The molecule has 4 rings (SSSR count). The number of carbonyl (C=O) groups excluding carboxylic acids is 3. The number of hydrogen-bond donors (Lipinski definition) is 2. The van der Waals surface area contributed by atoms with Crippen LogP contribution >= 0.6 is 0 Å². The Morgan fingerprint density at radius 3 is 2.65 bits per heavy atom. The lowest BCUT2D eigenvalue weighted by Gasteiger charge is -2.34. The monoisotopic (exact) mass is 475 g/mol. The van der Waals surface area contributed by atoms with E-state index in [0.29, 0.717) is 32.1 Å². The third kappa shape index (κ3) is 4.51. The van der Waals surface area contributed by atoms with Gasteiger partial charge in [-0.25, -0.2) is 0 Å². The van der Waals surface area contributed by atoms with Gasteiger partial charge in [0.2, 0.25) is 17.7 Å². The van der Waals surface area contributed by atoms with Crippen LogP contribution in [0.3, 0.4) is 0 Å². The fraction of sp³-hybridized carbons (Fsp3) is 0.808. The van der Waals surface area contributed by atoms with Crippen molar-refractivity contribution in [2.45, 2.75) is 96.1 Å². The number of nitrogens with one attached hydrogen (secondary N) is 2. The van der Waals surface area contributed by atoms with E-state index < -0.39 is 35.1 Å². The summed E-state index contributed by atoms with van der Waals surface area (Å²) < 4.78 is 11.8. The molecular weight excluding hydrogens is 434 g/mol. The van der Waals surface area contributed by atoms with Crippen LogP contribution in [0.1, 0.15) is 66.7 Å². The molecule has 1 saturated carbocycles. The Morgan fingerprint density at radius 1 is 1.24 bits per heavy atom. The van der Waals surface area contributed by atoms with Gasteiger partial charge in [0, 0.05) is 31.3 Å². The number of fused-ring (bicyclic) bond motifs is 1. The second-order valence-electron chi connectivity index (χ2n) is 11.4. The summed E-state index contributed by atoms with van der Waals surface area (Å²) in [6, 6.07) is -0.683. The van der Waals surface area contributed by atoms with Crippen LogP contribution in [0.2, 0.25) is 0 Å². The fourth-order valence-electron chi connectivity index (χ4n) is 6.24. The molecule has 0 aromatic rings. The lowest BCUT2D eigenvalue weighted by Crippen LogP contribution is -2.58. The Bertz CT molecular complexity index is 837. The number of likely N-dealkylation sites (tertiary alicyclic amines) is 1. The maximum Gasteiger partial charge on any atom is 0.246 e. The number of nitrogens with zero attached hydrogens (tertiary/aromatic N) is 1. The molecule has 2 N–H and O–H groups in total. The zero-order chi connectivity index (χ0) is 24.7. The first kappa shape index (κ1) is 25.2. The smallest absolute Gasteiger partial charge is 0.246 e. The Labute approximate surface area is 203 Å². The zero-order valence-electron chi connectivity index (χ0n) is 21.3. The Balaban J connectivity index is 1.59. The topological polar surface area (TPSA) is 97.0 Å². The molecule has 8 nitrogen and oxygen atoms in total. The van der Waals surface area contributed by atoms with Gasteiger partial charge in [-0.2, -0.15) is 0 Å². The fourth-order valence-corrected chi connectivity index (χ4v) is 6.24. The van der Waals surface area contributed by atoms with Crippen LogP contribution < -0.4 is 10.6 Å². The van der Waals surface area contributed by atoms with Gasteiger partial charge in [-0.15, -0.1) is 0 Å². The standard InChI is InChI=1S/C26H41N3O5/c1-6-33-15-9-14-29-21(23(31)28-25(3,4)5)26-13-12-18(34-26)19(20(26)24(29)32)22(30)27-17-11-8-7-10-16(17)2/h12-13,16-21H,6-11,14-15H2,1-5H3,(H,27,30)(H,28,31)/t16-,17+,18+,19-,20+,21+,26+/m0/s1. The lowest BCUT2D eigenvalue weighted by molar-refractivity contribution is -0.142. The van der Waals surface area contributed by atoms with Gasteiger partial charge in [0.1, 0.15) is 11.6 Å². The maximum atomic E-state index is 13.8. The summed E-state index contributed by atoms with van der Waals surface area (Å²) in [5.41, 5.74) is -1.57. The van der Waals surface area contributed by atoms with Crippen LogP contribution in [-0.4, -0.2) is 71.7 Å². The highest BCUT2D eigenvalue weighted by Crippen LogP contribution is 2.55. The first-order valence-electron chi connectivity index (χ1n) is 13.0. The van der Waals surface area contributed by atoms with Crippen molar-refractivity contribution < 1.29 is 23.9 Å². The summed E-state index contributed by atoms with van der Waals surface area (Å²) in [5, 5.41) is 6.28. The summed E-state index contributed by atoms with van der Waals surface area (Å²) in [5.74, 6) is -1.43. The normalized spacial score (nSPS) is 36.6. The lowest BCUT2D eigenvalue weighted by atomic mass is 9.73. The zero-order valence-corrected chi connectivity index (χ0v) is 21.3. The molecule has 3 heterocycles. The van der Waals surface area contributed by atoms with Crippen LogP contribution in [0.5, 0.6) is 0 Å². The molecule has 190 valence electrons. The van der Waals surface area contributed by atoms with E-state index in [4.69, 9.17) is 9.47 Å². The Morgan fingerprint density at radius 2 is 1.97 bits per heavy atom. The highest BCUT2D eigenvalue weighted by molar-refractivity contribution is 6.00. The van der Waals surface area contributed by atoms with E-state index in [0.717, 1.165) is 19.3 Å². The molecule has 0 aromatic heterocycles. The van der Waals surface area contributed by atoms with E-state index in [9.17, 15) is 14.4 Å². The van der Waals surface area contributed by atoms with Gasteiger partial charge in [-0.05, 0) is 52.9 Å². The van der Waals surface area contributed by atoms with Gasteiger partial charge in [0.15, 0.2) is 0 Å². The van der Waals surface area contributed by atoms with Crippen molar-refractivity contribution in [3.8, 4) is 0 Å². The molecule has 0 aromatic carbocycles. The highest BCUT2D eigenvalue weighted by atomic mass is 16.5. The van der Waals surface area contributed by atoms with E-state index in [2.05, 4.69) is 17.6 Å². The second kappa shape index (κ2) is 9.61. The van der Waals surface area contributed by atoms with Crippen molar-refractivity contribution in [2.24, 2.45) is 17.8 Å². The van der Waals surface area contributed by atoms with Crippen LogP contribution in [0.15, 0.2) is 12.2 Å². The summed E-state index contributed by atoms with van der Waals surface area (Å²) in [6.45, 7) is 11.4. The largest absolute Gasteiger partial charge is 0.382 e. The van der Waals surface area contributed by atoms with Gasteiger partial charge in [0.25, 0.3) is 0 Å². The number of amides is 3. The molecule has 34 heavy (non-hydrogen) atoms. The molecule has 0 unspecified atom stereocenters. The van der Waals surface area contributed by atoms with E-state index in [1.807, 2.05) is 39.8 Å². The number of ether oxygens (including phenoxy) is 2. The van der Waals surface area contributed by atoms with Crippen molar-refractivity contribution in [2.75, 3.05) is 19.8 Å². The average molecular weight is 476 g/mol. The van der Waals surface area contributed by atoms with Crippen molar-refractivity contribution in [3.05, 3.63) is 12.2 Å². The summed E-state index contributed by atoms with van der Waals surface area (Å²) in [4.78, 5) is 42.5. The molecular formula is C26H41N3O5. The third-order valence-electron chi connectivity index (χ3n) is 7.75. The molecule has 7 atom stereocenters. The van der Waals surface area contributed by atoms with E-state index in [1.54, 1.807) is 4.90 Å². The Hall–Kier alpha value is -1.93. The van der Waals surface area contributed by atoms with Gasteiger partial charge < -0.3 is 25.0 Å². The number of rotatable bonds is 8. The maximum absolute atomic E-state index is 13.8. The van der Waals surface area contributed by atoms with Crippen molar-refractivity contribution >= 4 is 17.7 Å². The number of hydrogen-bond acceptors (Lipinski definition) is 5. The van der Waals surface area contributed by atoms with E-state index in [-0.39, 0.29) is 23.8 Å².